The molecule has 1 aromatic heterocycles. The maximum absolute atomic E-state index is 10.2. The molecule has 0 spiro atoms. The van der Waals surface area contributed by atoms with Crippen LogP contribution in [0.3, 0.4) is 0 Å². The summed E-state index contributed by atoms with van der Waals surface area (Å²) in [5, 5.41) is 14.8. The van der Waals surface area contributed by atoms with Crippen LogP contribution in [-0.2, 0) is 13.0 Å². The molecule has 0 unspecified atom stereocenters. The quantitative estimate of drug-likeness (QED) is 0.814. The number of hydrogen-bond donors (Lipinski definition) is 2. The molecule has 1 aliphatic rings. The average molecular weight is 287 g/mol. The summed E-state index contributed by atoms with van der Waals surface area (Å²) in [5.74, 6) is 1.10. The summed E-state index contributed by atoms with van der Waals surface area (Å²) in [7, 11) is 0. The van der Waals surface area contributed by atoms with Crippen molar-refractivity contribution in [1.82, 2.24) is 5.32 Å². The van der Waals surface area contributed by atoms with E-state index in [1.165, 1.54) is 17.4 Å². The number of hydrogen-bond acceptors (Lipinski definition) is 3. The maximum Gasteiger partial charge on any atom is 0.134 e. The lowest BCUT2D eigenvalue weighted by Gasteiger charge is -2.36. The summed E-state index contributed by atoms with van der Waals surface area (Å²) < 4.78 is 6.02. The van der Waals surface area contributed by atoms with E-state index in [1.54, 1.807) is 0 Å². The second kappa shape index (κ2) is 6.20. The molecule has 0 saturated heterocycles. The van der Waals surface area contributed by atoms with E-state index < -0.39 is 5.60 Å². The first kappa shape index (κ1) is 14.6. The van der Waals surface area contributed by atoms with Gasteiger partial charge < -0.3 is 14.8 Å². The number of rotatable bonds is 7. The van der Waals surface area contributed by atoms with Gasteiger partial charge in [0.1, 0.15) is 11.3 Å². The van der Waals surface area contributed by atoms with E-state index in [4.69, 9.17) is 4.42 Å². The first-order valence-electron chi connectivity index (χ1n) is 8.14. The van der Waals surface area contributed by atoms with Crippen molar-refractivity contribution in [2.45, 2.75) is 57.6 Å². The van der Waals surface area contributed by atoms with E-state index in [-0.39, 0.29) is 0 Å². The molecule has 3 heteroatoms. The Morgan fingerprint density at radius 3 is 2.81 bits per heavy atom. The Morgan fingerprint density at radius 1 is 1.29 bits per heavy atom. The van der Waals surface area contributed by atoms with Crippen molar-refractivity contribution in [3.8, 4) is 0 Å². The minimum Gasteiger partial charge on any atom is -0.461 e. The zero-order chi connectivity index (χ0) is 14.7. The van der Waals surface area contributed by atoms with Gasteiger partial charge in [0.25, 0.3) is 0 Å². The van der Waals surface area contributed by atoms with Crippen molar-refractivity contribution in [3.05, 3.63) is 35.6 Å². The number of aryl methyl sites for hydroxylation is 1. The SMILES string of the molecule is CCCCc1oc2ccccc2c1CNCC1(O)CCC1. The summed E-state index contributed by atoms with van der Waals surface area (Å²) in [6.07, 6.45) is 6.31. The monoisotopic (exact) mass is 287 g/mol. The van der Waals surface area contributed by atoms with Crippen LogP contribution in [0.4, 0.5) is 0 Å². The first-order valence-corrected chi connectivity index (χ1v) is 8.14. The molecule has 0 amide bonds. The van der Waals surface area contributed by atoms with E-state index in [0.29, 0.717) is 6.54 Å². The van der Waals surface area contributed by atoms with Crippen molar-refractivity contribution in [3.63, 3.8) is 0 Å². The van der Waals surface area contributed by atoms with E-state index in [0.717, 1.165) is 50.0 Å². The summed E-state index contributed by atoms with van der Waals surface area (Å²) in [5.41, 5.74) is 1.77. The molecule has 1 heterocycles. The van der Waals surface area contributed by atoms with Gasteiger partial charge in [-0.25, -0.2) is 0 Å². The van der Waals surface area contributed by atoms with Crippen LogP contribution in [0.15, 0.2) is 28.7 Å². The smallest absolute Gasteiger partial charge is 0.134 e. The van der Waals surface area contributed by atoms with Crippen molar-refractivity contribution in [1.29, 1.82) is 0 Å². The molecular weight excluding hydrogens is 262 g/mol. The Kier molecular flexibility index (Phi) is 4.32. The van der Waals surface area contributed by atoms with Crippen LogP contribution >= 0.6 is 0 Å². The van der Waals surface area contributed by atoms with Gasteiger partial charge in [0.15, 0.2) is 0 Å². The summed E-state index contributed by atoms with van der Waals surface area (Å²) >= 11 is 0. The standard InChI is InChI=1S/C18H25NO2/c1-2-3-8-17-15(12-19-13-18(20)10-6-11-18)14-7-4-5-9-16(14)21-17/h4-5,7,9,19-20H,2-3,6,8,10-13H2,1H3. The van der Waals surface area contributed by atoms with Gasteiger partial charge in [0.2, 0.25) is 0 Å². The van der Waals surface area contributed by atoms with E-state index >= 15 is 0 Å². The van der Waals surface area contributed by atoms with Gasteiger partial charge in [0, 0.05) is 30.5 Å². The number of benzene rings is 1. The minimum atomic E-state index is -0.469. The Balaban J connectivity index is 1.74. The van der Waals surface area contributed by atoms with Crippen LogP contribution < -0.4 is 5.32 Å². The van der Waals surface area contributed by atoms with Gasteiger partial charge in [0.05, 0.1) is 5.60 Å². The molecule has 0 atom stereocenters. The maximum atomic E-state index is 10.2. The third-order valence-corrected chi connectivity index (χ3v) is 4.58. The molecule has 1 saturated carbocycles. The van der Waals surface area contributed by atoms with Gasteiger partial charge in [-0.05, 0) is 31.7 Å². The second-order valence-electron chi connectivity index (χ2n) is 6.28. The molecule has 3 rings (SSSR count). The predicted octanol–water partition coefficient (Wildman–Crippen LogP) is 3.78. The van der Waals surface area contributed by atoms with Crippen molar-refractivity contribution in [2.75, 3.05) is 6.54 Å². The van der Waals surface area contributed by atoms with Crippen molar-refractivity contribution >= 4 is 11.0 Å². The lowest BCUT2D eigenvalue weighted by molar-refractivity contribution is -0.0314. The number of para-hydroxylation sites is 1. The van der Waals surface area contributed by atoms with Gasteiger partial charge in [-0.2, -0.15) is 0 Å². The first-order chi connectivity index (χ1) is 10.2. The lowest BCUT2D eigenvalue weighted by Crippen LogP contribution is -2.46. The van der Waals surface area contributed by atoms with Crippen LogP contribution in [0.5, 0.6) is 0 Å². The zero-order valence-electron chi connectivity index (χ0n) is 12.8. The number of unbranched alkanes of at least 4 members (excludes halogenated alkanes) is 1. The van der Waals surface area contributed by atoms with Crippen LogP contribution in [0.25, 0.3) is 11.0 Å². The fourth-order valence-corrected chi connectivity index (χ4v) is 3.06. The minimum absolute atomic E-state index is 0.469. The van der Waals surface area contributed by atoms with E-state index in [9.17, 15) is 5.11 Å². The van der Waals surface area contributed by atoms with Crippen molar-refractivity contribution in [2.24, 2.45) is 0 Å². The molecule has 2 aromatic rings. The molecule has 114 valence electrons. The molecule has 0 bridgehead atoms. The fraction of sp³-hybridized carbons (Fsp3) is 0.556. The largest absolute Gasteiger partial charge is 0.461 e. The highest BCUT2D eigenvalue weighted by atomic mass is 16.3. The third kappa shape index (κ3) is 3.14. The highest BCUT2D eigenvalue weighted by Crippen LogP contribution is 2.31. The highest BCUT2D eigenvalue weighted by Gasteiger charge is 2.33. The summed E-state index contributed by atoms with van der Waals surface area (Å²) in [4.78, 5) is 0. The molecule has 3 nitrogen and oxygen atoms in total. The summed E-state index contributed by atoms with van der Waals surface area (Å²) in [6.45, 7) is 3.66. The molecule has 21 heavy (non-hydrogen) atoms. The van der Waals surface area contributed by atoms with Gasteiger partial charge in [-0.15, -0.1) is 0 Å². The Hall–Kier alpha value is -1.32. The van der Waals surface area contributed by atoms with Gasteiger partial charge in [-0.3, -0.25) is 0 Å². The normalized spacial score (nSPS) is 17.0. The number of furan rings is 1. The molecule has 1 fully saturated rings. The molecule has 2 N–H and O–H groups in total. The van der Waals surface area contributed by atoms with Crippen molar-refractivity contribution < 1.29 is 9.52 Å². The second-order valence-corrected chi connectivity index (χ2v) is 6.28. The summed E-state index contributed by atoms with van der Waals surface area (Å²) in [6, 6.07) is 8.24. The number of aliphatic hydroxyl groups is 1. The number of nitrogens with one attached hydrogen (secondary N) is 1. The van der Waals surface area contributed by atoms with Crippen LogP contribution in [-0.4, -0.2) is 17.3 Å². The molecular formula is C18H25NO2. The van der Waals surface area contributed by atoms with Crippen LogP contribution in [0.2, 0.25) is 0 Å². The highest BCUT2D eigenvalue weighted by molar-refractivity contribution is 5.82. The Bertz CT molecular complexity index is 598. The topological polar surface area (TPSA) is 45.4 Å². The Morgan fingerprint density at radius 2 is 2.10 bits per heavy atom. The lowest BCUT2D eigenvalue weighted by atomic mass is 9.80. The predicted molar refractivity (Wildman–Crippen MR) is 85.3 cm³/mol. The van der Waals surface area contributed by atoms with Crippen LogP contribution in [0, 0.1) is 0 Å². The fourth-order valence-electron chi connectivity index (χ4n) is 3.06. The number of fused-ring (bicyclic) bond motifs is 1. The zero-order valence-corrected chi connectivity index (χ0v) is 12.8. The Labute approximate surface area is 126 Å². The van der Waals surface area contributed by atoms with Gasteiger partial charge in [-0.1, -0.05) is 31.5 Å². The van der Waals surface area contributed by atoms with Crippen LogP contribution in [0.1, 0.15) is 50.4 Å². The molecule has 1 aromatic carbocycles. The van der Waals surface area contributed by atoms with E-state index in [2.05, 4.69) is 24.4 Å². The van der Waals surface area contributed by atoms with E-state index in [1.807, 2.05) is 12.1 Å². The average Bonchev–Trinajstić information content (AvgIpc) is 2.81. The molecule has 1 aliphatic carbocycles. The molecule has 0 aliphatic heterocycles. The molecule has 0 radical (unpaired) electrons. The third-order valence-electron chi connectivity index (χ3n) is 4.58. The van der Waals surface area contributed by atoms with Gasteiger partial charge >= 0.3 is 0 Å².